The molecule has 5 aromatic rings. The third-order valence-corrected chi connectivity index (χ3v) is 4.50. The van der Waals surface area contributed by atoms with Crippen LogP contribution in [0.5, 0.6) is 5.75 Å². The van der Waals surface area contributed by atoms with Crippen LogP contribution in [0, 0.1) is 6.92 Å². The number of nitrogens with one attached hydrogen (secondary N) is 1. The molecule has 0 saturated heterocycles. The van der Waals surface area contributed by atoms with Crippen molar-refractivity contribution < 1.29 is 9.63 Å². The molecule has 0 spiro atoms. The molecule has 7 heteroatoms. The highest BCUT2D eigenvalue weighted by atomic mass is 16.5. The third-order valence-electron chi connectivity index (χ3n) is 4.50. The van der Waals surface area contributed by atoms with E-state index in [1.165, 1.54) is 0 Å². The first kappa shape index (κ1) is 16.2. The normalized spacial score (nSPS) is 11.2. The highest BCUT2D eigenvalue weighted by Gasteiger charge is 2.16. The van der Waals surface area contributed by atoms with Crippen LogP contribution in [0.1, 0.15) is 5.82 Å². The number of aryl methyl sites for hydroxylation is 1. The molecule has 5 rings (SSSR count). The Morgan fingerprint density at radius 1 is 0.857 bits per heavy atom. The van der Waals surface area contributed by atoms with E-state index < -0.39 is 0 Å². The van der Waals surface area contributed by atoms with Crippen LogP contribution in [0.3, 0.4) is 0 Å². The number of aromatic amines is 1. The summed E-state index contributed by atoms with van der Waals surface area (Å²) in [4.78, 5) is 8.82. The molecular weight excluding hydrogens is 354 g/mol. The predicted molar refractivity (Wildman–Crippen MR) is 104 cm³/mol. The van der Waals surface area contributed by atoms with E-state index in [-0.39, 0.29) is 11.6 Å². The Morgan fingerprint density at radius 2 is 1.61 bits per heavy atom. The van der Waals surface area contributed by atoms with E-state index in [0.717, 1.165) is 27.7 Å². The molecule has 0 aliphatic rings. The summed E-state index contributed by atoms with van der Waals surface area (Å²) in [5.41, 5.74) is 2.12. The summed E-state index contributed by atoms with van der Waals surface area (Å²) in [6, 6.07) is 18.9. The second-order valence-corrected chi connectivity index (χ2v) is 6.46. The summed E-state index contributed by atoms with van der Waals surface area (Å²) in [5, 5.41) is 23.4. The Morgan fingerprint density at radius 3 is 2.36 bits per heavy atom. The van der Waals surface area contributed by atoms with Gasteiger partial charge in [-0.1, -0.05) is 47.6 Å². The molecule has 0 saturated carbocycles. The minimum absolute atomic E-state index is 0.0962. The predicted octanol–water partition coefficient (Wildman–Crippen LogP) is 4.36. The lowest BCUT2D eigenvalue weighted by atomic mass is 10.1. The number of aromatic hydroxyl groups is 1. The Bertz CT molecular complexity index is 1310. The largest absolute Gasteiger partial charge is 0.507 e. The fourth-order valence-electron chi connectivity index (χ4n) is 3.12. The van der Waals surface area contributed by atoms with Gasteiger partial charge in [-0.3, -0.25) is 5.10 Å². The van der Waals surface area contributed by atoms with Crippen molar-refractivity contribution in [3.63, 3.8) is 0 Å². The molecule has 2 heterocycles. The molecule has 2 N–H and O–H groups in total. The van der Waals surface area contributed by atoms with E-state index >= 15 is 0 Å². The number of phenolic OH excluding ortho intramolecular Hbond substituents is 1. The van der Waals surface area contributed by atoms with Gasteiger partial charge in [0.25, 0.3) is 5.89 Å². The molecule has 0 unspecified atom stereocenters. The zero-order chi connectivity index (χ0) is 19.1. The van der Waals surface area contributed by atoms with Gasteiger partial charge in [0.05, 0.1) is 5.56 Å². The monoisotopic (exact) mass is 369 g/mol. The van der Waals surface area contributed by atoms with Gasteiger partial charge in [-0.15, -0.1) is 0 Å². The Balaban J connectivity index is 1.54. The summed E-state index contributed by atoms with van der Waals surface area (Å²) in [6.45, 7) is 1.85. The van der Waals surface area contributed by atoms with E-state index in [1.807, 2.05) is 61.5 Å². The number of phenols is 1. The number of aromatic nitrogens is 5. The van der Waals surface area contributed by atoms with Crippen molar-refractivity contribution >= 4 is 10.8 Å². The van der Waals surface area contributed by atoms with Gasteiger partial charge in [-0.2, -0.15) is 10.1 Å². The van der Waals surface area contributed by atoms with Gasteiger partial charge in [0.15, 0.2) is 5.82 Å². The maximum absolute atomic E-state index is 10.4. The van der Waals surface area contributed by atoms with Gasteiger partial charge in [0.1, 0.15) is 11.6 Å². The average molecular weight is 369 g/mol. The first-order valence-electron chi connectivity index (χ1n) is 8.73. The van der Waals surface area contributed by atoms with Crippen LogP contribution >= 0.6 is 0 Å². The van der Waals surface area contributed by atoms with Crippen LogP contribution in [-0.2, 0) is 0 Å². The zero-order valence-electron chi connectivity index (χ0n) is 14.9. The molecule has 3 aromatic carbocycles. The molecule has 28 heavy (non-hydrogen) atoms. The standard InChI is InChI=1S/C21H15N5O2/c1-12-22-19(25-24-12)15-7-4-8-16(9-15)20-23-21(28-26-20)17-10-13-5-2-3-6-14(13)11-18(17)27/h2-11,27H,1H3,(H,22,24,25). The number of H-pyrrole nitrogens is 1. The lowest BCUT2D eigenvalue weighted by Crippen LogP contribution is -1.85. The van der Waals surface area contributed by atoms with Gasteiger partial charge < -0.3 is 9.63 Å². The third kappa shape index (κ3) is 2.79. The summed E-state index contributed by atoms with van der Waals surface area (Å²) in [6.07, 6.45) is 0. The lowest BCUT2D eigenvalue weighted by Gasteiger charge is -2.03. The van der Waals surface area contributed by atoms with Crippen molar-refractivity contribution in [3.8, 4) is 40.0 Å². The van der Waals surface area contributed by atoms with Crippen molar-refractivity contribution in [2.45, 2.75) is 6.92 Å². The van der Waals surface area contributed by atoms with Crippen molar-refractivity contribution in [1.82, 2.24) is 25.3 Å². The number of hydrogen-bond donors (Lipinski definition) is 2. The maximum atomic E-state index is 10.4. The van der Waals surface area contributed by atoms with Crippen LogP contribution in [-0.4, -0.2) is 30.4 Å². The fourth-order valence-corrected chi connectivity index (χ4v) is 3.12. The Kier molecular flexibility index (Phi) is 3.65. The average Bonchev–Trinajstić information content (AvgIpc) is 3.37. The van der Waals surface area contributed by atoms with Crippen molar-refractivity contribution in [1.29, 1.82) is 0 Å². The fraction of sp³-hybridized carbons (Fsp3) is 0.0476. The first-order chi connectivity index (χ1) is 13.7. The minimum atomic E-state index is 0.0962. The number of nitrogens with zero attached hydrogens (tertiary/aromatic N) is 4. The number of fused-ring (bicyclic) bond motifs is 1. The molecule has 0 bridgehead atoms. The van der Waals surface area contributed by atoms with Crippen molar-refractivity contribution in [3.05, 3.63) is 66.5 Å². The Hall–Kier alpha value is -4.00. The van der Waals surface area contributed by atoms with E-state index in [4.69, 9.17) is 4.52 Å². The maximum Gasteiger partial charge on any atom is 0.262 e. The molecule has 0 aliphatic carbocycles. The number of rotatable bonds is 3. The van der Waals surface area contributed by atoms with Gasteiger partial charge in [-0.05, 0) is 35.9 Å². The van der Waals surface area contributed by atoms with Crippen LogP contribution < -0.4 is 0 Å². The highest BCUT2D eigenvalue weighted by molar-refractivity contribution is 5.89. The highest BCUT2D eigenvalue weighted by Crippen LogP contribution is 2.33. The van der Waals surface area contributed by atoms with Crippen LogP contribution in [0.15, 0.2) is 65.2 Å². The second kappa shape index (κ2) is 6.31. The second-order valence-electron chi connectivity index (χ2n) is 6.46. The molecule has 0 fully saturated rings. The molecule has 0 atom stereocenters. The first-order valence-corrected chi connectivity index (χ1v) is 8.73. The molecule has 2 aromatic heterocycles. The van der Waals surface area contributed by atoms with Gasteiger partial charge in [-0.25, -0.2) is 4.98 Å². The molecular formula is C21H15N5O2. The molecule has 7 nitrogen and oxygen atoms in total. The lowest BCUT2D eigenvalue weighted by molar-refractivity contribution is 0.426. The van der Waals surface area contributed by atoms with Crippen molar-refractivity contribution in [2.24, 2.45) is 0 Å². The van der Waals surface area contributed by atoms with Crippen LogP contribution in [0.2, 0.25) is 0 Å². The van der Waals surface area contributed by atoms with Crippen molar-refractivity contribution in [2.75, 3.05) is 0 Å². The summed E-state index contributed by atoms with van der Waals surface area (Å²) in [7, 11) is 0. The van der Waals surface area contributed by atoms with E-state index in [2.05, 4.69) is 25.3 Å². The molecule has 136 valence electrons. The van der Waals surface area contributed by atoms with Gasteiger partial charge in [0.2, 0.25) is 5.82 Å². The number of benzene rings is 3. The minimum Gasteiger partial charge on any atom is -0.507 e. The smallest absolute Gasteiger partial charge is 0.262 e. The topological polar surface area (TPSA) is 101 Å². The van der Waals surface area contributed by atoms with Gasteiger partial charge in [0, 0.05) is 11.1 Å². The van der Waals surface area contributed by atoms with Gasteiger partial charge >= 0.3 is 0 Å². The number of hydrogen-bond acceptors (Lipinski definition) is 6. The molecule has 0 aliphatic heterocycles. The SMILES string of the molecule is Cc1nc(-c2cccc(-c3noc(-c4cc5ccccc5cc4O)n3)c2)n[nH]1. The van der Waals surface area contributed by atoms with Crippen LogP contribution in [0.4, 0.5) is 0 Å². The summed E-state index contributed by atoms with van der Waals surface area (Å²) in [5.74, 6) is 2.14. The molecule has 0 radical (unpaired) electrons. The van der Waals surface area contributed by atoms with E-state index in [1.54, 1.807) is 6.07 Å². The van der Waals surface area contributed by atoms with E-state index in [9.17, 15) is 5.11 Å². The molecule has 0 amide bonds. The van der Waals surface area contributed by atoms with E-state index in [0.29, 0.717) is 17.2 Å². The quantitative estimate of drug-likeness (QED) is 0.490. The Labute approximate surface area is 159 Å². The summed E-state index contributed by atoms with van der Waals surface area (Å²) < 4.78 is 5.43. The summed E-state index contributed by atoms with van der Waals surface area (Å²) >= 11 is 0. The zero-order valence-corrected chi connectivity index (χ0v) is 14.9. The van der Waals surface area contributed by atoms with Crippen LogP contribution in [0.25, 0.3) is 45.0 Å².